The van der Waals surface area contributed by atoms with E-state index >= 15 is 0 Å². The highest BCUT2D eigenvalue weighted by atomic mass is 32.2. The van der Waals surface area contributed by atoms with Crippen LogP contribution in [0.2, 0.25) is 0 Å². The molecule has 3 atom stereocenters. The van der Waals surface area contributed by atoms with Gasteiger partial charge in [0.2, 0.25) is 17.5 Å². The van der Waals surface area contributed by atoms with Crippen LogP contribution in [0.3, 0.4) is 0 Å². The Bertz CT molecular complexity index is 1510. The molecule has 4 rings (SSSR count). The van der Waals surface area contributed by atoms with E-state index in [1.54, 1.807) is 20.8 Å². The number of thiazole rings is 1. The van der Waals surface area contributed by atoms with Crippen LogP contribution in [0.1, 0.15) is 26.5 Å². The topological polar surface area (TPSA) is 232 Å². The Kier molecular flexibility index (Phi) is 11.2. The number of hydrogen-bond donors (Lipinski definition) is 4. The van der Waals surface area contributed by atoms with Crippen molar-refractivity contribution in [1.29, 1.82) is 0 Å². The number of tetrazole rings is 1. The Labute approximate surface area is 275 Å². The standard InChI is InChI=1S/C25H32N10O8S3/c1-5-8-42-31-15(14-9-44-21(28-14)27-13-36)17(37)29-16-18(38)34-10-25(20(39)40,11-45-19(16)34)12-46-22-30-32-33-35(22)7-6-26-23(41)43-24(2,3)4/h5,9,13,16,19H,1,6-8,10-12H2,2-4H3,(H,26,41)(H,29,37)(H,39,40)(H,27,28,36)/t16?,19-,25?/m1/s1. The number of carboxylic acid groups (broad SMARTS) is 1. The molecule has 4 N–H and O–H groups in total. The summed E-state index contributed by atoms with van der Waals surface area (Å²) in [6, 6.07) is -0.933. The number of carboxylic acids is 1. The Morgan fingerprint density at radius 1 is 1.35 bits per heavy atom. The smallest absolute Gasteiger partial charge is 0.407 e. The lowest BCUT2D eigenvalue weighted by Gasteiger charge is -2.53. The third kappa shape index (κ3) is 8.31. The zero-order valence-corrected chi connectivity index (χ0v) is 27.4. The number of amides is 4. The van der Waals surface area contributed by atoms with Gasteiger partial charge in [-0.1, -0.05) is 29.6 Å². The van der Waals surface area contributed by atoms with Gasteiger partial charge in [0.25, 0.3) is 5.91 Å². The number of nitrogens with one attached hydrogen (secondary N) is 3. The second-order valence-electron chi connectivity index (χ2n) is 10.9. The van der Waals surface area contributed by atoms with Crippen LogP contribution >= 0.6 is 34.9 Å². The van der Waals surface area contributed by atoms with Gasteiger partial charge >= 0.3 is 12.1 Å². The molecule has 4 amide bonds. The highest BCUT2D eigenvalue weighted by Crippen LogP contribution is 2.44. The van der Waals surface area contributed by atoms with E-state index in [-0.39, 0.29) is 54.3 Å². The lowest BCUT2D eigenvalue weighted by Crippen LogP contribution is -2.74. The SMILES string of the molecule is C=CCON=C(C(=O)NC1C(=O)N2CC(CSc3nnnn3CCNC(=O)OC(C)(C)C)(C(=O)O)CS[C@H]12)c1csc(NC=O)n1. The minimum Gasteiger partial charge on any atom is -0.481 e. The average molecular weight is 697 g/mol. The molecule has 18 nitrogen and oxygen atoms in total. The summed E-state index contributed by atoms with van der Waals surface area (Å²) in [6.07, 6.45) is 1.29. The molecule has 2 aromatic rings. The van der Waals surface area contributed by atoms with Crippen LogP contribution in [0.25, 0.3) is 0 Å². The fourth-order valence-electron chi connectivity index (χ4n) is 4.19. The van der Waals surface area contributed by atoms with Gasteiger partial charge in [-0.2, -0.15) is 0 Å². The van der Waals surface area contributed by atoms with E-state index in [0.717, 1.165) is 23.1 Å². The minimum atomic E-state index is -1.32. The van der Waals surface area contributed by atoms with Crippen molar-refractivity contribution in [2.24, 2.45) is 10.6 Å². The van der Waals surface area contributed by atoms with Gasteiger partial charge in [-0.3, -0.25) is 19.2 Å². The van der Waals surface area contributed by atoms with Crippen molar-refractivity contribution < 1.29 is 38.7 Å². The third-order valence-corrected chi connectivity index (χ3v) is 9.95. The summed E-state index contributed by atoms with van der Waals surface area (Å²) in [5.74, 6) is -2.07. The van der Waals surface area contributed by atoms with Crippen LogP contribution in [-0.4, -0.2) is 119 Å². The molecule has 0 aromatic carbocycles. The maximum Gasteiger partial charge on any atom is 0.407 e. The number of aromatic nitrogens is 5. The molecule has 2 unspecified atom stereocenters. The number of oxime groups is 1. The van der Waals surface area contributed by atoms with E-state index in [1.165, 1.54) is 32.8 Å². The van der Waals surface area contributed by atoms with Crippen molar-refractivity contribution in [1.82, 2.24) is 40.7 Å². The van der Waals surface area contributed by atoms with Gasteiger partial charge in [-0.25, -0.2) is 14.5 Å². The molecule has 2 aromatic heterocycles. The summed E-state index contributed by atoms with van der Waals surface area (Å²) in [7, 11) is 0. The second-order valence-corrected chi connectivity index (χ2v) is 13.8. The van der Waals surface area contributed by atoms with Gasteiger partial charge in [0.05, 0.1) is 6.54 Å². The summed E-state index contributed by atoms with van der Waals surface area (Å²) in [5.41, 5.74) is -2.05. The second kappa shape index (κ2) is 14.9. The number of thioether (sulfide) groups is 2. The molecule has 0 saturated carbocycles. The highest BCUT2D eigenvalue weighted by molar-refractivity contribution is 8.00. The van der Waals surface area contributed by atoms with Crippen molar-refractivity contribution in [3.8, 4) is 0 Å². The van der Waals surface area contributed by atoms with Crippen LogP contribution in [0.15, 0.2) is 28.3 Å². The fraction of sp³-hybridized carbons (Fsp3) is 0.520. The summed E-state index contributed by atoms with van der Waals surface area (Å²) < 4.78 is 6.65. The molecule has 0 radical (unpaired) electrons. The molecule has 2 aliphatic heterocycles. The molecule has 0 bridgehead atoms. The number of nitrogens with zero attached hydrogens (tertiary/aromatic N) is 7. The quantitative estimate of drug-likeness (QED) is 0.0376. The molecule has 46 heavy (non-hydrogen) atoms. The number of aliphatic carboxylic acids is 1. The van der Waals surface area contributed by atoms with Gasteiger partial charge in [0, 0.05) is 30.0 Å². The molecular formula is C25H32N10O8S3. The summed E-state index contributed by atoms with van der Waals surface area (Å²) >= 11 is 3.43. The number of rotatable bonds is 15. The number of ether oxygens (including phenoxy) is 1. The van der Waals surface area contributed by atoms with Gasteiger partial charge in [0.1, 0.15) is 34.7 Å². The zero-order chi connectivity index (χ0) is 33.5. The van der Waals surface area contributed by atoms with Gasteiger partial charge in [-0.05, 0) is 31.2 Å². The summed E-state index contributed by atoms with van der Waals surface area (Å²) in [4.78, 5) is 72.2. The molecule has 2 saturated heterocycles. The van der Waals surface area contributed by atoms with E-state index < -0.39 is 46.3 Å². The van der Waals surface area contributed by atoms with Crippen LogP contribution < -0.4 is 16.0 Å². The largest absolute Gasteiger partial charge is 0.481 e. The third-order valence-electron chi connectivity index (χ3n) is 6.35. The Hall–Kier alpha value is -4.24. The monoisotopic (exact) mass is 696 g/mol. The Morgan fingerprint density at radius 2 is 2.13 bits per heavy atom. The molecule has 0 spiro atoms. The van der Waals surface area contributed by atoms with E-state index in [2.05, 4.69) is 48.2 Å². The van der Waals surface area contributed by atoms with Crippen molar-refractivity contribution in [3.05, 3.63) is 23.7 Å². The normalized spacial score (nSPS) is 21.0. The maximum absolute atomic E-state index is 13.2. The first kappa shape index (κ1) is 34.6. The van der Waals surface area contributed by atoms with Gasteiger partial charge in [0.15, 0.2) is 10.8 Å². The predicted octanol–water partition coefficient (Wildman–Crippen LogP) is 0.393. The van der Waals surface area contributed by atoms with Crippen molar-refractivity contribution >= 4 is 76.0 Å². The molecule has 2 aliphatic rings. The number of anilines is 1. The lowest BCUT2D eigenvalue weighted by atomic mass is 9.89. The van der Waals surface area contributed by atoms with E-state index in [4.69, 9.17) is 9.57 Å². The van der Waals surface area contributed by atoms with Crippen molar-refractivity contribution in [2.45, 2.75) is 49.5 Å². The zero-order valence-electron chi connectivity index (χ0n) is 25.0. The predicted molar refractivity (Wildman–Crippen MR) is 167 cm³/mol. The average Bonchev–Trinajstić information content (AvgIpc) is 3.65. The number of hydrogen-bond acceptors (Lipinski definition) is 15. The fourth-order valence-corrected chi connectivity index (χ4v) is 7.61. The van der Waals surface area contributed by atoms with Crippen LogP contribution in [-0.2, 0) is 35.3 Å². The van der Waals surface area contributed by atoms with Crippen molar-refractivity contribution in [3.63, 3.8) is 0 Å². The number of β-lactam (4-membered cyclic amide) rings is 1. The van der Waals surface area contributed by atoms with Crippen LogP contribution in [0.5, 0.6) is 0 Å². The summed E-state index contributed by atoms with van der Waals surface area (Å²) in [5, 5.41) is 34.9. The number of carbonyl (C=O) groups is 5. The number of fused-ring (bicyclic) bond motifs is 1. The van der Waals surface area contributed by atoms with E-state index in [9.17, 15) is 29.1 Å². The molecule has 248 valence electrons. The highest BCUT2D eigenvalue weighted by Gasteiger charge is 2.57. The number of carbonyl (C=O) groups excluding carboxylic acids is 4. The van der Waals surface area contributed by atoms with Gasteiger partial charge in [-0.15, -0.1) is 28.2 Å². The van der Waals surface area contributed by atoms with E-state index in [1.807, 2.05) is 0 Å². The lowest BCUT2D eigenvalue weighted by molar-refractivity contribution is -0.157. The van der Waals surface area contributed by atoms with Crippen LogP contribution in [0.4, 0.5) is 9.93 Å². The first-order valence-corrected chi connectivity index (χ1v) is 16.6. The molecule has 21 heteroatoms. The molecular weight excluding hydrogens is 665 g/mol. The minimum absolute atomic E-state index is 0.0135. The van der Waals surface area contributed by atoms with Gasteiger partial charge < -0.3 is 35.5 Å². The maximum atomic E-state index is 13.2. The first-order chi connectivity index (χ1) is 21.9. The Morgan fingerprint density at radius 3 is 2.83 bits per heavy atom. The summed E-state index contributed by atoms with van der Waals surface area (Å²) in [6.45, 7) is 9.10. The van der Waals surface area contributed by atoms with E-state index in [0.29, 0.717) is 11.6 Å². The molecule has 4 heterocycles. The van der Waals surface area contributed by atoms with Crippen molar-refractivity contribution in [2.75, 3.05) is 36.5 Å². The molecule has 2 fully saturated rings. The Balaban J connectivity index is 1.36. The van der Waals surface area contributed by atoms with Crippen LogP contribution in [0, 0.1) is 5.41 Å². The number of alkyl carbamates (subject to hydrolysis) is 1. The first-order valence-electron chi connectivity index (χ1n) is 13.7. The molecule has 0 aliphatic carbocycles.